The van der Waals surface area contributed by atoms with Crippen molar-refractivity contribution in [3.05, 3.63) is 44.3 Å². The van der Waals surface area contributed by atoms with Gasteiger partial charge in [-0.2, -0.15) is 0 Å². The second kappa shape index (κ2) is 7.02. The molecule has 0 aliphatic rings. The fourth-order valence-electron chi connectivity index (χ4n) is 1.81. The molecular formula is C13H13Cl2N3OS. The number of halogens is 2. The van der Waals surface area contributed by atoms with Crippen molar-refractivity contribution in [3.63, 3.8) is 0 Å². The minimum Gasteiger partial charge on any atom is -0.344 e. The van der Waals surface area contributed by atoms with E-state index in [0.717, 1.165) is 17.7 Å². The van der Waals surface area contributed by atoms with Crippen molar-refractivity contribution < 1.29 is 4.79 Å². The first-order chi connectivity index (χ1) is 9.61. The van der Waals surface area contributed by atoms with Crippen LogP contribution in [0, 0.1) is 0 Å². The van der Waals surface area contributed by atoms with Crippen molar-refractivity contribution >= 4 is 40.4 Å². The van der Waals surface area contributed by atoms with Crippen LogP contribution < -0.4 is 5.32 Å². The van der Waals surface area contributed by atoms with E-state index in [1.54, 1.807) is 11.3 Å². The Morgan fingerprint density at radius 1 is 1.45 bits per heavy atom. The van der Waals surface area contributed by atoms with E-state index in [4.69, 9.17) is 23.2 Å². The van der Waals surface area contributed by atoms with E-state index in [0.29, 0.717) is 0 Å². The molecule has 4 nitrogen and oxygen atoms in total. The topological polar surface area (TPSA) is 54.9 Å². The van der Waals surface area contributed by atoms with Crippen molar-refractivity contribution in [2.24, 2.45) is 0 Å². The van der Waals surface area contributed by atoms with Gasteiger partial charge in [0, 0.05) is 4.88 Å². The zero-order chi connectivity index (χ0) is 14.5. The van der Waals surface area contributed by atoms with Crippen molar-refractivity contribution in [2.45, 2.75) is 25.8 Å². The minimum atomic E-state index is -0.293. The van der Waals surface area contributed by atoms with Crippen molar-refractivity contribution in [3.8, 4) is 0 Å². The van der Waals surface area contributed by atoms with Gasteiger partial charge in [0.05, 0.1) is 11.6 Å². The summed E-state index contributed by atoms with van der Waals surface area (Å²) in [6.45, 7) is 2.07. The summed E-state index contributed by atoms with van der Waals surface area (Å²) < 4.78 is 0. The van der Waals surface area contributed by atoms with Gasteiger partial charge in [-0.3, -0.25) is 4.79 Å². The smallest absolute Gasteiger partial charge is 0.255 e. The molecule has 2 rings (SSSR count). The molecule has 1 N–H and O–H groups in total. The number of carbonyl (C=O) groups is 1. The average Bonchev–Trinajstić information content (AvgIpc) is 2.95. The van der Waals surface area contributed by atoms with Crippen molar-refractivity contribution in [2.75, 3.05) is 0 Å². The number of carbonyl (C=O) groups excluding carboxylic acids is 1. The van der Waals surface area contributed by atoms with Crippen LogP contribution in [-0.2, 0) is 0 Å². The van der Waals surface area contributed by atoms with Crippen LogP contribution in [0.25, 0.3) is 0 Å². The minimum absolute atomic E-state index is 0.0319. The third-order valence-corrected chi connectivity index (χ3v) is 4.18. The van der Waals surface area contributed by atoms with E-state index in [-0.39, 0.29) is 27.8 Å². The molecule has 1 amide bonds. The summed E-state index contributed by atoms with van der Waals surface area (Å²) in [5.41, 5.74) is 0.240. The summed E-state index contributed by atoms with van der Waals surface area (Å²) in [4.78, 5) is 13.4. The van der Waals surface area contributed by atoms with E-state index in [1.807, 2.05) is 17.5 Å². The number of nitrogens with one attached hydrogen (secondary N) is 1. The highest BCUT2D eigenvalue weighted by Crippen LogP contribution is 2.24. The number of thiophene rings is 1. The summed E-state index contributed by atoms with van der Waals surface area (Å²) in [5.74, 6) is -0.293. The van der Waals surface area contributed by atoms with Crippen LogP contribution in [0.3, 0.4) is 0 Å². The largest absolute Gasteiger partial charge is 0.344 e. The number of hydrogen-bond acceptors (Lipinski definition) is 4. The molecule has 2 aromatic rings. The molecule has 106 valence electrons. The molecule has 1 unspecified atom stereocenters. The van der Waals surface area contributed by atoms with E-state index in [1.165, 1.54) is 6.07 Å². The Kier molecular flexibility index (Phi) is 5.34. The summed E-state index contributed by atoms with van der Waals surface area (Å²) in [6.07, 6.45) is 1.82. The average molecular weight is 330 g/mol. The quantitative estimate of drug-likeness (QED) is 0.897. The maximum Gasteiger partial charge on any atom is 0.255 e. The van der Waals surface area contributed by atoms with Gasteiger partial charge in [-0.15, -0.1) is 21.5 Å². The molecule has 2 aromatic heterocycles. The predicted molar refractivity (Wildman–Crippen MR) is 81.5 cm³/mol. The summed E-state index contributed by atoms with van der Waals surface area (Å²) in [7, 11) is 0. The molecule has 0 radical (unpaired) electrons. The van der Waals surface area contributed by atoms with Crippen LogP contribution in [-0.4, -0.2) is 16.1 Å². The van der Waals surface area contributed by atoms with Gasteiger partial charge in [0.1, 0.15) is 0 Å². The van der Waals surface area contributed by atoms with Crippen molar-refractivity contribution in [1.82, 2.24) is 15.5 Å². The molecule has 1 atom stereocenters. The molecule has 0 fully saturated rings. The number of amides is 1. The number of rotatable bonds is 5. The number of hydrogen-bond donors (Lipinski definition) is 1. The molecule has 0 aromatic carbocycles. The first-order valence-corrected chi connectivity index (χ1v) is 7.78. The van der Waals surface area contributed by atoms with Gasteiger partial charge >= 0.3 is 0 Å². The molecular weight excluding hydrogens is 317 g/mol. The van der Waals surface area contributed by atoms with Crippen molar-refractivity contribution in [1.29, 1.82) is 0 Å². The summed E-state index contributed by atoms with van der Waals surface area (Å²) in [5, 5.41) is 12.4. The lowest BCUT2D eigenvalue weighted by atomic mass is 10.1. The van der Waals surface area contributed by atoms with Gasteiger partial charge in [-0.25, -0.2) is 0 Å². The lowest BCUT2D eigenvalue weighted by molar-refractivity contribution is 0.0935. The highest BCUT2D eigenvalue weighted by molar-refractivity contribution is 7.10. The number of nitrogens with zero attached hydrogens (tertiary/aromatic N) is 2. The van der Waals surface area contributed by atoms with Gasteiger partial charge in [-0.1, -0.05) is 42.6 Å². The monoisotopic (exact) mass is 329 g/mol. The van der Waals surface area contributed by atoms with Crippen LogP contribution in [0.2, 0.25) is 10.3 Å². The molecule has 0 aliphatic carbocycles. The zero-order valence-corrected chi connectivity index (χ0v) is 13.1. The van der Waals surface area contributed by atoms with E-state index < -0.39 is 0 Å². The summed E-state index contributed by atoms with van der Waals surface area (Å²) in [6, 6.07) is 5.36. The SMILES string of the molecule is CCCC(NC(=O)c1cc(Cl)nnc1Cl)c1cccs1. The number of aromatic nitrogens is 2. The standard InChI is InChI=1S/C13H13Cl2N3OS/c1-2-4-9(10-5-3-6-20-10)16-13(19)8-7-11(14)17-18-12(8)15/h3,5-7,9H,2,4H2,1H3,(H,16,19). The molecule has 0 bridgehead atoms. The van der Waals surface area contributed by atoms with Gasteiger partial charge in [-0.05, 0) is 23.9 Å². The lowest BCUT2D eigenvalue weighted by Crippen LogP contribution is -2.28. The maximum atomic E-state index is 12.3. The van der Waals surface area contributed by atoms with E-state index in [9.17, 15) is 4.79 Å². The molecule has 20 heavy (non-hydrogen) atoms. The van der Waals surface area contributed by atoms with Gasteiger partial charge in [0.2, 0.25) is 0 Å². The fraction of sp³-hybridized carbons (Fsp3) is 0.308. The molecule has 0 saturated heterocycles. The molecule has 2 heterocycles. The van der Waals surface area contributed by atoms with Crippen LogP contribution in [0.1, 0.15) is 41.0 Å². The van der Waals surface area contributed by atoms with Crippen LogP contribution in [0.15, 0.2) is 23.6 Å². The Morgan fingerprint density at radius 3 is 2.90 bits per heavy atom. The molecule has 7 heteroatoms. The second-order valence-corrected chi connectivity index (χ2v) is 5.93. The zero-order valence-electron chi connectivity index (χ0n) is 10.8. The Morgan fingerprint density at radius 2 is 2.25 bits per heavy atom. The normalized spacial score (nSPS) is 12.2. The van der Waals surface area contributed by atoms with Gasteiger partial charge < -0.3 is 5.32 Å². The highest BCUT2D eigenvalue weighted by Gasteiger charge is 2.19. The van der Waals surface area contributed by atoms with Crippen LogP contribution >= 0.6 is 34.5 Å². The van der Waals surface area contributed by atoms with E-state index in [2.05, 4.69) is 22.4 Å². The van der Waals surface area contributed by atoms with E-state index >= 15 is 0 Å². The second-order valence-electron chi connectivity index (χ2n) is 4.20. The first kappa shape index (κ1) is 15.2. The highest BCUT2D eigenvalue weighted by atomic mass is 35.5. The van der Waals surface area contributed by atoms with Crippen LogP contribution in [0.4, 0.5) is 0 Å². The lowest BCUT2D eigenvalue weighted by Gasteiger charge is -2.17. The Labute approximate surface area is 131 Å². The first-order valence-electron chi connectivity index (χ1n) is 6.14. The van der Waals surface area contributed by atoms with Gasteiger partial charge in [0.25, 0.3) is 5.91 Å². The Bertz CT molecular complexity index is 589. The molecule has 0 saturated carbocycles. The Hall–Kier alpha value is -1.17. The predicted octanol–water partition coefficient (Wildman–Crippen LogP) is 4.12. The molecule has 0 aliphatic heterocycles. The maximum absolute atomic E-state index is 12.3. The molecule has 0 spiro atoms. The van der Waals surface area contributed by atoms with Crippen LogP contribution in [0.5, 0.6) is 0 Å². The third kappa shape index (κ3) is 3.69. The van der Waals surface area contributed by atoms with Gasteiger partial charge in [0.15, 0.2) is 10.3 Å². The third-order valence-electron chi connectivity index (χ3n) is 2.73. The summed E-state index contributed by atoms with van der Waals surface area (Å²) >= 11 is 13.2. The Balaban J connectivity index is 2.18. The fourth-order valence-corrected chi connectivity index (χ4v) is 2.95.